The zero-order valence-electron chi connectivity index (χ0n) is 12.4. The highest BCUT2D eigenvalue weighted by Crippen LogP contribution is 2.17. The topological polar surface area (TPSA) is 34.4 Å². The van der Waals surface area contributed by atoms with E-state index in [1.54, 1.807) is 0 Å². The van der Waals surface area contributed by atoms with Gasteiger partial charge in [-0.2, -0.15) is 0 Å². The number of rotatable bonds is 8. The van der Waals surface area contributed by atoms with Crippen LogP contribution in [0, 0.1) is 12.8 Å². The lowest BCUT2D eigenvalue weighted by Crippen LogP contribution is -2.12. The van der Waals surface area contributed by atoms with Crippen molar-refractivity contribution in [3.8, 4) is 0 Å². The van der Waals surface area contributed by atoms with Crippen molar-refractivity contribution in [2.24, 2.45) is 5.92 Å². The van der Waals surface area contributed by atoms with E-state index < -0.39 is 0 Å². The van der Waals surface area contributed by atoms with Crippen molar-refractivity contribution < 1.29 is 9.15 Å². The second kappa shape index (κ2) is 7.59. The van der Waals surface area contributed by atoms with Gasteiger partial charge in [0.05, 0.1) is 6.10 Å². The molecule has 1 rings (SSSR count). The molecule has 18 heavy (non-hydrogen) atoms. The van der Waals surface area contributed by atoms with Gasteiger partial charge in [-0.3, -0.25) is 0 Å². The fraction of sp³-hybridized carbons (Fsp3) is 0.733. The maximum atomic E-state index is 5.80. The normalized spacial score (nSPS) is 13.2. The van der Waals surface area contributed by atoms with E-state index in [9.17, 15) is 0 Å². The van der Waals surface area contributed by atoms with Crippen LogP contribution in [0.5, 0.6) is 0 Å². The van der Waals surface area contributed by atoms with Crippen LogP contribution in [0.25, 0.3) is 0 Å². The zero-order valence-corrected chi connectivity index (χ0v) is 12.4. The molecule has 0 radical (unpaired) electrons. The molecule has 0 aliphatic heterocycles. The van der Waals surface area contributed by atoms with Crippen molar-refractivity contribution in [2.75, 3.05) is 6.54 Å². The van der Waals surface area contributed by atoms with Crippen LogP contribution in [0.2, 0.25) is 0 Å². The molecular formula is C15H27NO2. The van der Waals surface area contributed by atoms with Gasteiger partial charge in [0.2, 0.25) is 0 Å². The van der Waals surface area contributed by atoms with Crippen molar-refractivity contribution in [2.45, 2.75) is 60.3 Å². The van der Waals surface area contributed by atoms with Crippen LogP contribution < -0.4 is 5.32 Å². The van der Waals surface area contributed by atoms with E-state index in [-0.39, 0.29) is 6.10 Å². The summed E-state index contributed by atoms with van der Waals surface area (Å²) in [5.41, 5.74) is 1.23. The molecule has 1 unspecified atom stereocenters. The lowest BCUT2D eigenvalue weighted by atomic mass is 10.1. The van der Waals surface area contributed by atoms with Gasteiger partial charge >= 0.3 is 0 Å². The predicted octanol–water partition coefficient (Wildman–Crippen LogP) is 3.65. The molecule has 0 fully saturated rings. The standard InChI is InChI=1S/C15H27NO2/c1-6-16-9-14-8-15(18-13(14)5)10-17-12(4)7-11(2)3/h8,11-12,16H,6-7,9-10H2,1-5H3. The summed E-state index contributed by atoms with van der Waals surface area (Å²) in [6.07, 6.45) is 1.37. The Labute approximate surface area is 111 Å². The molecule has 1 heterocycles. The molecule has 1 aromatic heterocycles. The maximum Gasteiger partial charge on any atom is 0.130 e. The largest absolute Gasteiger partial charge is 0.464 e. The quantitative estimate of drug-likeness (QED) is 0.768. The highest BCUT2D eigenvalue weighted by Gasteiger charge is 2.10. The molecule has 3 nitrogen and oxygen atoms in total. The van der Waals surface area contributed by atoms with Gasteiger partial charge < -0.3 is 14.5 Å². The Morgan fingerprint density at radius 3 is 2.67 bits per heavy atom. The van der Waals surface area contributed by atoms with E-state index in [1.807, 2.05) is 6.92 Å². The first-order chi connectivity index (χ1) is 8.52. The van der Waals surface area contributed by atoms with Crippen LogP contribution in [0.15, 0.2) is 10.5 Å². The molecule has 0 amide bonds. The van der Waals surface area contributed by atoms with E-state index in [2.05, 4.69) is 39.1 Å². The lowest BCUT2D eigenvalue weighted by molar-refractivity contribution is 0.0300. The van der Waals surface area contributed by atoms with Gasteiger partial charge in [-0.1, -0.05) is 20.8 Å². The molecule has 1 atom stereocenters. The smallest absolute Gasteiger partial charge is 0.130 e. The highest BCUT2D eigenvalue weighted by molar-refractivity contribution is 5.20. The molecule has 104 valence electrons. The van der Waals surface area contributed by atoms with Crippen LogP contribution in [0.4, 0.5) is 0 Å². The van der Waals surface area contributed by atoms with E-state index in [1.165, 1.54) is 5.56 Å². The van der Waals surface area contributed by atoms with Gasteiger partial charge in [0.1, 0.15) is 18.1 Å². The second-order valence-corrected chi connectivity index (χ2v) is 5.33. The summed E-state index contributed by atoms with van der Waals surface area (Å²) in [6, 6.07) is 2.10. The summed E-state index contributed by atoms with van der Waals surface area (Å²) in [5.74, 6) is 2.59. The van der Waals surface area contributed by atoms with Crippen LogP contribution in [-0.2, 0) is 17.9 Å². The van der Waals surface area contributed by atoms with E-state index in [0.29, 0.717) is 12.5 Å². The maximum absolute atomic E-state index is 5.80. The monoisotopic (exact) mass is 253 g/mol. The molecule has 0 bridgehead atoms. The van der Waals surface area contributed by atoms with E-state index in [4.69, 9.17) is 9.15 Å². The number of nitrogens with one attached hydrogen (secondary N) is 1. The molecule has 1 aromatic rings. The van der Waals surface area contributed by atoms with E-state index >= 15 is 0 Å². The third-order valence-electron chi connectivity index (χ3n) is 2.95. The Bertz CT molecular complexity index is 344. The fourth-order valence-corrected chi connectivity index (χ4v) is 2.05. The van der Waals surface area contributed by atoms with Crippen LogP contribution in [-0.4, -0.2) is 12.6 Å². The first kappa shape index (κ1) is 15.3. The highest BCUT2D eigenvalue weighted by atomic mass is 16.5. The SMILES string of the molecule is CCNCc1cc(COC(C)CC(C)C)oc1C. The second-order valence-electron chi connectivity index (χ2n) is 5.33. The third-order valence-corrected chi connectivity index (χ3v) is 2.95. The first-order valence-electron chi connectivity index (χ1n) is 6.93. The van der Waals surface area contributed by atoms with Gasteiger partial charge in [0, 0.05) is 12.1 Å². The molecule has 1 N–H and O–H groups in total. The fourth-order valence-electron chi connectivity index (χ4n) is 2.05. The predicted molar refractivity (Wildman–Crippen MR) is 74.5 cm³/mol. The van der Waals surface area contributed by atoms with Crippen molar-refractivity contribution in [1.29, 1.82) is 0 Å². The van der Waals surface area contributed by atoms with Gasteiger partial charge in [0.25, 0.3) is 0 Å². The van der Waals surface area contributed by atoms with Gasteiger partial charge in [-0.15, -0.1) is 0 Å². The Morgan fingerprint density at radius 2 is 2.06 bits per heavy atom. The summed E-state index contributed by atoms with van der Waals surface area (Å²) in [4.78, 5) is 0. The summed E-state index contributed by atoms with van der Waals surface area (Å²) < 4.78 is 11.5. The Morgan fingerprint density at radius 1 is 1.33 bits per heavy atom. The van der Waals surface area contributed by atoms with Crippen molar-refractivity contribution in [1.82, 2.24) is 5.32 Å². The molecule has 3 heteroatoms. The minimum Gasteiger partial charge on any atom is -0.464 e. The number of furan rings is 1. The van der Waals surface area contributed by atoms with Gasteiger partial charge in [0.15, 0.2) is 0 Å². The lowest BCUT2D eigenvalue weighted by Gasteiger charge is -2.13. The Balaban J connectivity index is 2.42. The van der Waals surface area contributed by atoms with Crippen LogP contribution >= 0.6 is 0 Å². The molecule has 0 aliphatic carbocycles. The van der Waals surface area contributed by atoms with Crippen molar-refractivity contribution in [3.05, 3.63) is 23.2 Å². The third kappa shape index (κ3) is 5.23. The van der Waals surface area contributed by atoms with Gasteiger partial charge in [-0.25, -0.2) is 0 Å². The average Bonchev–Trinajstić information content (AvgIpc) is 2.64. The number of hydrogen-bond acceptors (Lipinski definition) is 3. The summed E-state index contributed by atoms with van der Waals surface area (Å²) in [6.45, 7) is 13.1. The first-order valence-corrected chi connectivity index (χ1v) is 6.93. The molecule has 0 saturated heterocycles. The molecule has 0 aliphatic rings. The minimum absolute atomic E-state index is 0.285. The van der Waals surface area contributed by atoms with Crippen LogP contribution in [0.1, 0.15) is 51.2 Å². The van der Waals surface area contributed by atoms with Gasteiger partial charge in [-0.05, 0) is 38.8 Å². The number of aryl methyl sites for hydroxylation is 1. The molecular weight excluding hydrogens is 226 g/mol. The van der Waals surface area contributed by atoms with Crippen molar-refractivity contribution >= 4 is 0 Å². The summed E-state index contributed by atoms with van der Waals surface area (Å²) >= 11 is 0. The molecule has 0 aromatic carbocycles. The summed E-state index contributed by atoms with van der Waals surface area (Å²) in [7, 11) is 0. The Kier molecular flexibility index (Phi) is 6.44. The molecule has 0 saturated carbocycles. The average molecular weight is 253 g/mol. The number of hydrogen-bond donors (Lipinski definition) is 1. The van der Waals surface area contributed by atoms with E-state index in [0.717, 1.165) is 31.0 Å². The molecule has 0 spiro atoms. The number of ether oxygens (including phenoxy) is 1. The summed E-state index contributed by atoms with van der Waals surface area (Å²) in [5, 5.41) is 3.31. The Hall–Kier alpha value is -0.800. The minimum atomic E-state index is 0.285. The van der Waals surface area contributed by atoms with Crippen LogP contribution in [0.3, 0.4) is 0 Å². The van der Waals surface area contributed by atoms with Crippen molar-refractivity contribution in [3.63, 3.8) is 0 Å². The zero-order chi connectivity index (χ0) is 13.5.